The van der Waals surface area contributed by atoms with Crippen LogP contribution in [0.1, 0.15) is 25.7 Å². The van der Waals surface area contributed by atoms with Crippen LogP contribution in [0.3, 0.4) is 0 Å². The van der Waals surface area contributed by atoms with E-state index in [1.807, 2.05) is 0 Å². The predicted octanol–water partition coefficient (Wildman–Crippen LogP) is 3.60. The second-order valence-corrected chi connectivity index (χ2v) is 7.86. The van der Waals surface area contributed by atoms with E-state index in [0.717, 1.165) is 31.9 Å². The standard InChI is InChI=1S/C20H19F2N5O2/c21-11-7-12-17(26-27-18(12)23-8-11)14-6-5-13(22)19(24-14)25-16-10-3-1-9(2-4-10)15(16)20(28)29/h5-10,15-16H,1-4H2,(H,24,25)(H,28,29)(H,23,26,27)/t9?,10?,15-,16?/m1/s1. The summed E-state index contributed by atoms with van der Waals surface area (Å²) in [7, 11) is 0. The molecule has 0 aromatic carbocycles. The lowest BCUT2D eigenvalue weighted by molar-refractivity contribution is -0.148. The van der Waals surface area contributed by atoms with Crippen LogP contribution >= 0.6 is 0 Å². The Balaban J connectivity index is 1.51. The molecule has 0 aliphatic heterocycles. The van der Waals surface area contributed by atoms with Crippen molar-refractivity contribution in [3.8, 4) is 11.4 Å². The zero-order valence-corrected chi connectivity index (χ0v) is 15.4. The number of carboxylic acid groups (broad SMARTS) is 1. The molecule has 3 aliphatic rings. The molecule has 1 unspecified atom stereocenters. The van der Waals surface area contributed by atoms with Gasteiger partial charge >= 0.3 is 5.97 Å². The summed E-state index contributed by atoms with van der Waals surface area (Å²) in [6, 6.07) is 3.66. The van der Waals surface area contributed by atoms with Gasteiger partial charge in [-0.25, -0.2) is 18.7 Å². The highest BCUT2D eigenvalue weighted by atomic mass is 19.1. The molecule has 2 atom stereocenters. The maximum atomic E-state index is 14.5. The average molecular weight is 399 g/mol. The predicted molar refractivity (Wildman–Crippen MR) is 101 cm³/mol. The molecular weight excluding hydrogens is 380 g/mol. The van der Waals surface area contributed by atoms with Crippen LogP contribution in [0.15, 0.2) is 24.4 Å². The van der Waals surface area contributed by atoms with Gasteiger partial charge in [-0.3, -0.25) is 9.89 Å². The van der Waals surface area contributed by atoms with E-state index in [2.05, 4.69) is 25.5 Å². The highest BCUT2D eigenvalue weighted by Crippen LogP contribution is 2.46. The van der Waals surface area contributed by atoms with Crippen LogP contribution < -0.4 is 5.32 Å². The molecule has 150 valence electrons. The van der Waals surface area contributed by atoms with Crippen molar-refractivity contribution < 1.29 is 18.7 Å². The number of rotatable bonds is 4. The van der Waals surface area contributed by atoms with Gasteiger partial charge in [0.1, 0.15) is 5.82 Å². The van der Waals surface area contributed by atoms with Crippen molar-refractivity contribution in [3.05, 3.63) is 36.0 Å². The number of nitrogens with zero attached hydrogens (tertiary/aromatic N) is 3. The number of aromatic amines is 1. The first-order valence-electron chi connectivity index (χ1n) is 9.67. The number of H-pyrrole nitrogens is 1. The smallest absolute Gasteiger partial charge is 0.308 e. The summed E-state index contributed by atoms with van der Waals surface area (Å²) >= 11 is 0. The van der Waals surface area contributed by atoms with Crippen LogP contribution in [0.25, 0.3) is 22.4 Å². The third kappa shape index (κ3) is 3.01. The van der Waals surface area contributed by atoms with Crippen LogP contribution in [-0.2, 0) is 4.79 Å². The lowest BCUT2D eigenvalue weighted by Crippen LogP contribution is -2.51. The number of hydrogen-bond acceptors (Lipinski definition) is 5. The maximum absolute atomic E-state index is 14.5. The molecule has 6 rings (SSSR count). The minimum atomic E-state index is -0.852. The summed E-state index contributed by atoms with van der Waals surface area (Å²) in [6.45, 7) is 0. The Labute approximate surface area is 164 Å². The van der Waals surface area contributed by atoms with Gasteiger partial charge in [0.2, 0.25) is 0 Å². The number of aliphatic carboxylic acids is 1. The SMILES string of the molecule is O=C(O)[C@@H]1C2CCC(CC2)C1Nc1nc(-c2[nH]nc3ncc(F)cc23)ccc1F. The fraction of sp³-hybridized carbons (Fsp3) is 0.400. The highest BCUT2D eigenvalue weighted by molar-refractivity contribution is 5.89. The van der Waals surface area contributed by atoms with Crippen molar-refractivity contribution in [2.24, 2.45) is 17.8 Å². The summed E-state index contributed by atoms with van der Waals surface area (Å²) in [4.78, 5) is 20.1. The second kappa shape index (κ2) is 6.75. The highest BCUT2D eigenvalue weighted by Gasteiger charge is 2.47. The van der Waals surface area contributed by atoms with E-state index in [0.29, 0.717) is 22.4 Å². The zero-order valence-electron chi connectivity index (χ0n) is 15.4. The first-order valence-corrected chi connectivity index (χ1v) is 9.67. The Kier molecular flexibility index (Phi) is 4.18. The van der Waals surface area contributed by atoms with Crippen molar-refractivity contribution in [1.29, 1.82) is 0 Å². The first-order chi connectivity index (χ1) is 14.0. The Morgan fingerprint density at radius 1 is 1.17 bits per heavy atom. The molecule has 3 aromatic rings. The van der Waals surface area contributed by atoms with Gasteiger partial charge in [0, 0.05) is 6.04 Å². The summed E-state index contributed by atoms with van der Waals surface area (Å²) < 4.78 is 28.2. The van der Waals surface area contributed by atoms with E-state index in [4.69, 9.17) is 0 Å². The van der Waals surface area contributed by atoms with Gasteiger partial charge in [-0.2, -0.15) is 5.10 Å². The van der Waals surface area contributed by atoms with Crippen molar-refractivity contribution >= 4 is 22.8 Å². The molecule has 3 fully saturated rings. The van der Waals surface area contributed by atoms with Gasteiger partial charge in [0.05, 0.1) is 28.9 Å². The summed E-state index contributed by atoms with van der Waals surface area (Å²) in [6.07, 6.45) is 4.73. The Morgan fingerprint density at radius 3 is 2.69 bits per heavy atom. The van der Waals surface area contributed by atoms with Crippen molar-refractivity contribution in [1.82, 2.24) is 20.2 Å². The van der Waals surface area contributed by atoms with Gasteiger partial charge in [-0.15, -0.1) is 0 Å². The topological polar surface area (TPSA) is 104 Å². The lowest BCUT2D eigenvalue weighted by Gasteiger charge is -2.47. The number of carboxylic acids is 1. The number of fused-ring (bicyclic) bond motifs is 4. The maximum Gasteiger partial charge on any atom is 0.308 e. The quantitative estimate of drug-likeness (QED) is 0.619. The molecule has 3 N–H and O–H groups in total. The monoisotopic (exact) mass is 399 g/mol. The minimum Gasteiger partial charge on any atom is -0.481 e. The molecule has 29 heavy (non-hydrogen) atoms. The van der Waals surface area contributed by atoms with Gasteiger partial charge in [-0.1, -0.05) is 0 Å². The number of carbonyl (C=O) groups is 1. The Bertz CT molecular complexity index is 1090. The molecule has 0 amide bonds. The van der Waals surface area contributed by atoms with Gasteiger partial charge in [0.15, 0.2) is 17.3 Å². The van der Waals surface area contributed by atoms with Gasteiger partial charge < -0.3 is 10.4 Å². The summed E-state index contributed by atoms with van der Waals surface area (Å²) in [5.41, 5.74) is 1.13. The second-order valence-electron chi connectivity index (χ2n) is 7.86. The van der Waals surface area contributed by atoms with E-state index < -0.39 is 23.5 Å². The third-order valence-corrected chi connectivity index (χ3v) is 6.29. The molecule has 3 saturated carbocycles. The third-order valence-electron chi connectivity index (χ3n) is 6.29. The Morgan fingerprint density at radius 2 is 1.93 bits per heavy atom. The number of nitrogens with one attached hydrogen (secondary N) is 2. The lowest BCUT2D eigenvalue weighted by atomic mass is 9.61. The number of pyridine rings is 2. The molecule has 7 nitrogen and oxygen atoms in total. The van der Waals surface area contributed by atoms with Crippen molar-refractivity contribution in [2.45, 2.75) is 31.7 Å². The zero-order chi connectivity index (χ0) is 20.1. The molecule has 0 saturated heterocycles. The molecule has 0 radical (unpaired) electrons. The Hall–Kier alpha value is -3.10. The number of anilines is 1. The van der Waals surface area contributed by atoms with Crippen molar-refractivity contribution in [3.63, 3.8) is 0 Å². The fourth-order valence-electron chi connectivity index (χ4n) is 4.92. The molecule has 0 spiro atoms. The van der Waals surface area contributed by atoms with Crippen LogP contribution in [0.4, 0.5) is 14.6 Å². The summed E-state index contributed by atoms with van der Waals surface area (Å²) in [5.74, 6) is -2.20. The number of halogens is 2. The van der Waals surface area contributed by atoms with E-state index in [1.54, 1.807) is 0 Å². The molecule has 3 aliphatic carbocycles. The fourth-order valence-corrected chi connectivity index (χ4v) is 4.92. The van der Waals surface area contributed by atoms with E-state index in [-0.39, 0.29) is 23.7 Å². The molecule has 2 bridgehead atoms. The number of hydrogen-bond donors (Lipinski definition) is 3. The molecular formula is C20H19F2N5O2. The average Bonchev–Trinajstić information content (AvgIpc) is 3.13. The normalized spacial score (nSPS) is 26.0. The van der Waals surface area contributed by atoms with Crippen LogP contribution in [-0.4, -0.2) is 37.3 Å². The molecule has 3 heterocycles. The van der Waals surface area contributed by atoms with Crippen LogP contribution in [0.5, 0.6) is 0 Å². The van der Waals surface area contributed by atoms with Crippen LogP contribution in [0.2, 0.25) is 0 Å². The summed E-state index contributed by atoms with van der Waals surface area (Å²) in [5, 5.41) is 20.1. The van der Waals surface area contributed by atoms with Crippen LogP contribution in [0, 0.1) is 29.4 Å². The van der Waals surface area contributed by atoms with Gasteiger partial charge in [-0.05, 0) is 55.7 Å². The van der Waals surface area contributed by atoms with E-state index in [9.17, 15) is 18.7 Å². The van der Waals surface area contributed by atoms with Gasteiger partial charge in [0.25, 0.3) is 0 Å². The molecule has 9 heteroatoms. The minimum absolute atomic E-state index is 0.00147. The molecule has 3 aromatic heterocycles. The number of aromatic nitrogens is 4. The van der Waals surface area contributed by atoms with E-state index in [1.165, 1.54) is 18.2 Å². The first kappa shape index (κ1) is 18.0. The largest absolute Gasteiger partial charge is 0.481 e. The van der Waals surface area contributed by atoms with Crippen molar-refractivity contribution in [2.75, 3.05) is 5.32 Å². The van der Waals surface area contributed by atoms with E-state index >= 15 is 0 Å².